The highest BCUT2D eigenvalue weighted by Crippen LogP contribution is 2.22. The van der Waals surface area contributed by atoms with Crippen molar-refractivity contribution in [1.29, 1.82) is 0 Å². The van der Waals surface area contributed by atoms with E-state index >= 15 is 0 Å². The van der Waals surface area contributed by atoms with Gasteiger partial charge >= 0.3 is 0 Å². The van der Waals surface area contributed by atoms with E-state index in [1.807, 2.05) is 0 Å². The number of nitrogens with two attached hydrogens (primary N) is 1. The lowest BCUT2D eigenvalue weighted by molar-refractivity contribution is 0.308. The Morgan fingerprint density at radius 2 is 2.22 bits per heavy atom. The van der Waals surface area contributed by atoms with Gasteiger partial charge in [-0.05, 0) is 18.8 Å². The summed E-state index contributed by atoms with van der Waals surface area (Å²) in [4.78, 5) is 0.203. The first-order chi connectivity index (χ1) is 8.49. The van der Waals surface area contributed by atoms with E-state index in [0.29, 0.717) is 6.54 Å². The molecule has 1 aliphatic carbocycles. The third-order valence-corrected chi connectivity index (χ3v) is 4.87. The highest BCUT2D eigenvalue weighted by atomic mass is 32.2. The maximum atomic E-state index is 12.0. The lowest BCUT2D eigenvalue weighted by Crippen LogP contribution is -2.40. The van der Waals surface area contributed by atoms with Crippen LogP contribution >= 0.6 is 0 Å². The Hall–Kier alpha value is -0.920. The van der Waals surface area contributed by atoms with Crippen LogP contribution in [0.15, 0.2) is 17.3 Å². The molecule has 2 rings (SSSR count). The Morgan fingerprint density at radius 3 is 2.83 bits per heavy atom. The monoisotopic (exact) mass is 272 g/mol. The second-order valence-electron chi connectivity index (χ2n) is 4.91. The first kappa shape index (κ1) is 13.5. The van der Waals surface area contributed by atoms with Crippen LogP contribution in [0.2, 0.25) is 0 Å². The molecule has 6 nitrogen and oxygen atoms in total. The molecule has 7 heteroatoms. The van der Waals surface area contributed by atoms with Crippen LogP contribution in [0.1, 0.15) is 25.7 Å². The van der Waals surface area contributed by atoms with Crippen LogP contribution < -0.4 is 10.5 Å². The SMILES string of the molecule is Cn1cc(S(=O)(=O)NCC2CCCCC2N)cn1. The second kappa shape index (κ2) is 5.38. The van der Waals surface area contributed by atoms with Crippen molar-refractivity contribution in [2.24, 2.45) is 18.7 Å². The Kier molecular flexibility index (Phi) is 4.04. The maximum absolute atomic E-state index is 12.0. The molecule has 1 fully saturated rings. The third-order valence-electron chi connectivity index (χ3n) is 3.49. The quantitative estimate of drug-likeness (QED) is 0.820. The molecule has 0 radical (unpaired) electrons. The number of hydrogen-bond acceptors (Lipinski definition) is 4. The van der Waals surface area contributed by atoms with Crippen LogP contribution in [0, 0.1) is 5.92 Å². The molecule has 102 valence electrons. The molecule has 18 heavy (non-hydrogen) atoms. The molecular weight excluding hydrogens is 252 g/mol. The van der Waals surface area contributed by atoms with Crippen LogP contribution in [0.25, 0.3) is 0 Å². The van der Waals surface area contributed by atoms with Gasteiger partial charge in [-0.1, -0.05) is 12.8 Å². The van der Waals surface area contributed by atoms with E-state index in [0.717, 1.165) is 25.7 Å². The van der Waals surface area contributed by atoms with Crippen LogP contribution in [0.5, 0.6) is 0 Å². The summed E-state index contributed by atoms with van der Waals surface area (Å²) >= 11 is 0. The Morgan fingerprint density at radius 1 is 1.50 bits per heavy atom. The molecule has 0 saturated heterocycles. The van der Waals surface area contributed by atoms with Gasteiger partial charge in [-0.25, -0.2) is 13.1 Å². The van der Waals surface area contributed by atoms with Gasteiger partial charge in [0, 0.05) is 25.8 Å². The minimum Gasteiger partial charge on any atom is -0.327 e. The summed E-state index contributed by atoms with van der Waals surface area (Å²) in [6.07, 6.45) is 7.10. The van der Waals surface area contributed by atoms with Gasteiger partial charge in [-0.3, -0.25) is 4.68 Å². The topological polar surface area (TPSA) is 90.0 Å². The fraction of sp³-hybridized carbons (Fsp3) is 0.727. The zero-order valence-corrected chi connectivity index (χ0v) is 11.4. The average Bonchev–Trinajstić information content (AvgIpc) is 2.76. The van der Waals surface area contributed by atoms with Crippen molar-refractivity contribution in [2.75, 3.05) is 6.54 Å². The average molecular weight is 272 g/mol. The predicted octanol–water partition coefficient (Wildman–Crippen LogP) is 0.216. The van der Waals surface area contributed by atoms with Gasteiger partial charge in [0.1, 0.15) is 4.90 Å². The molecule has 2 atom stereocenters. The fourth-order valence-electron chi connectivity index (χ4n) is 2.33. The number of aryl methyl sites for hydroxylation is 1. The summed E-state index contributed by atoms with van der Waals surface area (Å²) in [7, 11) is -1.76. The Bertz CT molecular complexity index is 497. The van der Waals surface area contributed by atoms with Gasteiger partial charge in [-0.2, -0.15) is 5.10 Å². The summed E-state index contributed by atoms with van der Waals surface area (Å²) in [5.74, 6) is 0.241. The van der Waals surface area contributed by atoms with Crippen molar-refractivity contribution in [3.8, 4) is 0 Å². The molecule has 0 spiro atoms. The maximum Gasteiger partial charge on any atom is 0.243 e. The Labute approximate surface area is 108 Å². The molecule has 1 saturated carbocycles. The summed E-state index contributed by atoms with van der Waals surface area (Å²) in [6, 6.07) is 0.107. The zero-order chi connectivity index (χ0) is 13.2. The number of rotatable bonds is 4. The van der Waals surface area contributed by atoms with Crippen LogP contribution in [-0.2, 0) is 17.1 Å². The van der Waals surface area contributed by atoms with Gasteiger partial charge in [-0.15, -0.1) is 0 Å². The standard InChI is InChI=1S/C11H20N4O2S/c1-15-8-10(7-13-15)18(16,17)14-6-9-4-2-3-5-11(9)12/h7-9,11,14H,2-6,12H2,1H3. The number of nitrogens with zero attached hydrogens (tertiary/aromatic N) is 2. The summed E-state index contributed by atoms with van der Waals surface area (Å²) in [5, 5.41) is 3.87. The molecule has 1 aromatic rings. The lowest BCUT2D eigenvalue weighted by atomic mass is 9.85. The smallest absolute Gasteiger partial charge is 0.243 e. The first-order valence-electron chi connectivity index (χ1n) is 6.23. The third kappa shape index (κ3) is 3.09. The highest BCUT2D eigenvalue weighted by molar-refractivity contribution is 7.89. The molecule has 1 aromatic heterocycles. The van der Waals surface area contributed by atoms with E-state index in [1.54, 1.807) is 7.05 Å². The van der Waals surface area contributed by atoms with Crippen LogP contribution in [0.3, 0.4) is 0 Å². The second-order valence-corrected chi connectivity index (χ2v) is 6.68. The summed E-state index contributed by atoms with van der Waals surface area (Å²) in [6.45, 7) is 0.415. The molecule has 0 aromatic carbocycles. The molecule has 3 N–H and O–H groups in total. The minimum absolute atomic E-state index is 0.107. The van der Waals surface area contributed by atoms with E-state index in [9.17, 15) is 8.42 Å². The highest BCUT2D eigenvalue weighted by Gasteiger charge is 2.24. The van der Waals surface area contributed by atoms with E-state index in [1.165, 1.54) is 17.1 Å². The van der Waals surface area contributed by atoms with Crippen molar-refractivity contribution < 1.29 is 8.42 Å². The molecule has 0 aliphatic heterocycles. The van der Waals surface area contributed by atoms with Crippen molar-refractivity contribution in [2.45, 2.75) is 36.6 Å². The molecule has 0 bridgehead atoms. The van der Waals surface area contributed by atoms with E-state index in [4.69, 9.17) is 5.73 Å². The predicted molar refractivity (Wildman–Crippen MR) is 68.3 cm³/mol. The van der Waals surface area contributed by atoms with Crippen LogP contribution in [0.4, 0.5) is 0 Å². The van der Waals surface area contributed by atoms with Gasteiger partial charge in [0.2, 0.25) is 10.0 Å². The number of hydrogen-bond donors (Lipinski definition) is 2. The molecule has 1 heterocycles. The zero-order valence-electron chi connectivity index (χ0n) is 10.5. The Balaban J connectivity index is 1.96. The van der Waals surface area contributed by atoms with Crippen molar-refractivity contribution in [3.63, 3.8) is 0 Å². The van der Waals surface area contributed by atoms with Gasteiger partial charge in [0.05, 0.1) is 6.20 Å². The number of sulfonamides is 1. The minimum atomic E-state index is -3.45. The molecule has 1 aliphatic rings. The van der Waals surface area contributed by atoms with Gasteiger partial charge in [0.15, 0.2) is 0 Å². The van der Waals surface area contributed by atoms with Crippen molar-refractivity contribution >= 4 is 10.0 Å². The van der Waals surface area contributed by atoms with E-state index < -0.39 is 10.0 Å². The fourth-order valence-corrected chi connectivity index (χ4v) is 3.40. The van der Waals surface area contributed by atoms with E-state index in [-0.39, 0.29) is 16.9 Å². The normalized spacial score (nSPS) is 25.2. The number of aromatic nitrogens is 2. The first-order valence-corrected chi connectivity index (χ1v) is 7.71. The lowest BCUT2D eigenvalue weighted by Gasteiger charge is -2.28. The van der Waals surface area contributed by atoms with Crippen molar-refractivity contribution in [1.82, 2.24) is 14.5 Å². The molecular formula is C11H20N4O2S. The summed E-state index contributed by atoms with van der Waals surface area (Å²) in [5.41, 5.74) is 6.00. The number of nitrogens with one attached hydrogen (secondary N) is 1. The molecule has 0 amide bonds. The largest absolute Gasteiger partial charge is 0.327 e. The van der Waals surface area contributed by atoms with Gasteiger partial charge < -0.3 is 5.73 Å². The van der Waals surface area contributed by atoms with E-state index in [2.05, 4.69) is 9.82 Å². The summed E-state index contributed by atoms with van der Waals surface area (Å²) < 4.78 is 28.1. The van der Waals surface area contributed by atoms with Crippen LogP contribution in [-0.4, -0.2) is 30.8 Å². The molecule has 2 unspecified atom stereocenters. The van der Waals surface area contributed by atoms with Gasteiger partial charge in [0.25, 0.3) is 0 Å². The van der Waals surface area contributed by atoms with Crippen molar-refractivity contribution in [3.05, 3.63) is 12.4 Å².